The quantitative estimate of drug-likeness (QED) is 0.541. The highest BCUT2D eigenvalue weighted by molar-refractivity contribution is 7.99. The molecule has 0 bridgehead atoms. The van der Waals surface area contributed by atoms with Gasteiger partial charge in [-0.25, -0.2) is 0 Å². The first kappa shape index (κ1) is 16.6. The minimum absolute atomic E-state index is 0.746. The average molecular weight is 378 g/mol. The van der Waals surface area contributed by atoms with Crippen LogP contribution in [-0.4, -0.2) is 56.0 Å². The summed E-state index contributed by atoms with van der Waals surface area (Å²) >= 11 is 1.55. The van der Waals surface area contributed by atoms with Crippen molar-refractivity contribution < 1.29 is 4.74 Å². The fourth-order valence-electron chi connectivity index (χ4n) is 3.22. The summed E-state index contributed by atoms with van der Waals surface area (Å²) in [6, 6.07) is 12.2. The van der Waals surface area contributed by atoms with E-state index in [1.54, 1.807) is 22.5 Å². The van der Waals surface area contributed by atoms with E-state index in [0.717, 1.165) is 59.5 Å². The smallest absolute Gasteiger partial charge is 0.217 e. The molecule has 0 aliphatic carbocycles. The molecule has 1 aliphatic heterocycles. The standard InChI is InChI=1S/C19H18N6OS/c1-2-18-22-23-19(25(18)21-5-1)27-16-3-4-17-15(11-16)10-14(12-20-17)13-24-6-8-26-9-7-24/h1-5,10-12H,6-9,13H2. The minimum Gasteiger partial charge on any atom is -0.379 e. The number of ether oxygens (including phenoxy) is 1. The molecule has 27 heavy (non-hydrogen) atoms. The van der Waals surface area contributed by atoms with E-state index in [-0.39, 0.29) is 0 Å². The summed E-state index contributed by atoms with van der Waals surface area (Å²) in [4.78, 5) is 8.11. The van der Waals surface area contributed by atoms with E-state index < -0.39 is 0 Å². The molecule has 0 unspecified atom stereocenters. The number of fused-ring (bicyclic) bond motifs is 2. The Morgan fingerprint density at radius 1 is 1.07 bits per heavy atom. The van der Waals surface area contributed by atoms with Crippen LogP contribution in [0.1, 0.15) is 5.56 Å². The zero-order valence-corrected chi connectivity index (χ0v) is 15.5. The molecule has 1 aromatic carbocycles. The normalized spacial score (nSPS) is 15.6. The second kappa shape index (κ2) is 7.22. The van der Waals surface area contributed by atoms with Crippen LogP contribution in [0.3, 0.4) is 0 Å². The summed E-state index contributed by atoms with van der Waals surface area (Å²) < 4.78 is 7.18. The van der Waals surface area contributed by atoms with Crippen LogP contribution in [0.5, 0.6) is 0 Å². The monoisotopic (exact) mass is 378 g/mol. The number of hydrogen-bond acceptors (Lipinski definition) is 7. The SMILES string of the molecule is c1cnn2c(Sc3ccc4ncc(CN5CCOCC5)cc4c3)nnc2c1. The number of benzene rings is 1. The molecule has 0 saturated carbocycles. The summed E-state index contributed by atoms with van der Waals surface area (Å²) in [6.45, 7) is 4.47. The number of rotatable bonds is 4. The van der Waals surface area contributed by atoms with Gasteiger partial charge in [-0.3, -0.25) is 9.88 Å². The molecule has 0 spiro atoms. The van der Waals surface area contributed by atoms with Crippen molar-refractivity contribution in [2.75, 3.05) is 26.3 Å². The molecule has 1 aliphatic rings. The van der Waals surface area contributed by atoms with Crippen molar-refractivity contribution in [2.24, 2.45) is 0 Å². The lowest BCUT2D eigenvalue weighted by Crippen LogP contribution is -2.35. The Morgan fingerprint density at radius 2 is 2.00 bits per heavy atom. The van der Waals surface area contributed by atoms with Gasteiger partial charge in [-0.1, -0.05) is 0 Å². The lowest BCUT2D eigenvalue weighted by atomic mass is 10.1. The molecule has 1 fully saturated rings. The first-order valence-corrected chi connectivity index (χ1v) is 9.70. The van der Waals surface area contributed by atoms with Gasteiger partial charge in [-0.2, -0.15) is 9.61 Å². The molecule has 3 aromatic heterocycles. The predicted molar refractivity (Wildman–Crippen MR) is 103 cm³/mol. The Bertz CT molecular complexity index is 1090. The Morgan fingerprint density at radius 3 is 2.93 bits per heavy atom. The van der Waals surface area contributed by atoms with Crippen LogP contribution in [0.25, 0.3) is 16.6 Å². The molecular formula is C19H18N6OS. The summed E-state index contributed by atoms with van der Waals surface area (Å²) in [7, 11) is 0. The van der Waals surface area contributed by atoms with Crippen molar-refractivity contribution in [2.45, 2.75) is 16.6 Å². The second-order valence-corrected chi connectivity index (χ2v) is 7.51. The van der Waals surface area contributed by atoms with Crippen molar-refractivity contribution in [3.05, 3.63) is 54.4 Å². The molecule has 1 saturated heterocycles. The first-order chi connectivity index (χ1) is 13.3. The Hall–Kier alpha value is -2.55. The maximum Gasteiger partial charge on any atom is 0.217 e. The number of nitrogens with zero attached hydrogens (tertiary/aromatic N) is 6. The van der Waals surface area contributed by atoms with Crippen LogP contribution in [0.15, 0.2) is 58.8 Å². The molecule has 7 nitrogen and oxygen atoms in total. The van der Waals surface area contributed by atoms with Gasteiger partial charge >= 0.3 is 0 Å². The van der Waals surface area contributed by atoms with Crippen molar-refractivity contribution in [1.29, 1.82) is 0 Å². The molecule has 0 atom stereocenters. The maximum absolute atomic E-state index is 5.43. The van der Waals surface area contributed by atoms with Crippen molar-refractivity contribution >= 4 is 28.3 Å². The zero-order valence-electron chi connectivity index (χ0n) is 14.7. The van der Waals surface area contributed by atoms with Gasteiger partial charge in [0.05, 0.1) is 18.7 Å². The molecule has 4 heterocycles. The van der Waals surface area contributed by atoms with E-state index in [1.165, 1.54) is 5.56 Å². The van der Waals surface area contributed by atoms with Gasteiger partial charge < -0.3 is 4.74 Å². The van der Waals surface area contributed by atoms with Gasteiger partial charge in [0, 0.05) is 42.3 Å². The first-order valence-electron chi connectivity index (χ1n) is 8.88. The van der Waals surface area contributed by atoms with E-state index in [2.05, 4.69) is 43.4 Å². The van der Waals surface area contributed by atoms with Crippen LogP contribution in [0, 0.1) is 0 Å². The van der Waals surface area contributed by atoms with Crippen molar-refractivity contribution in [3.63, 3.8) is 0 Å². The van der Waals surface area contributed by atoms with E-state index in [9.17, 15) is 0 Å². The lowest BCUT2D eigenvalue weighted by molar-refractivity contribution is 0.0341. The van der Waals surface area contributed by atoms with Crippen molar-refractivity contribution in [3.8, 4) is 0 Å². The summed E-state index contributed by atoms with van der Waals surface area (Å²) in [5, 5.41) is 14.6. The van der Waals surface area contributed by atoms with Crippen LogP contribution in [0.4, 0.5) is 0 Å². The third-order valence-electron chi connectivity index (χ3n) is 4.58. The fraction of sp³-hybridized carbons (Fsp3) is 0.263. The Balaban J connectivity index is 1.41. The molecule has 4 aromatic rings. The largest absolute Gasteiger partial charge is 0.379 e. The van der Waals surface area contributed by atoms with Crippen LogP contribution >= 0.6 is 11.8 Å². The number of hydrogen-bond donors (Lipinski definition) is 0. The van der Waals surface area contributed by atoms with Gasteiger partial charge in [-0.05, 0) is 53.7 Å². The Kier molecular flexibility index (Phi) is 4.44. The van der Waals surface area contributed by atoms with E-state index in [0.29, 0.717) is 0 Å². The van der Waals surface area contributed by atoms with E-state index in [1.807, 2.05) is 24.4 Å². The van der Waals surface area contributed by atoms with Gasteiger partial charge in [0.1, 0.15) is 0 Å². The maximum atomic E-state index is 5.43. The third kappa shape index (κ3) is 3.51. The fourth-order valence-corrected chi connectivity index (χ4v) is 4.06. The molecule has 0 N–H and O–H groups in total. The van der Waals surface area contributed by atoms with E-state index in [4.69, 9.17) is 4.74 Å². The van der Waals surface area contributed by atoms with Crippen LogP contribution < -0.4 is 0 Å². The van der Waals surface area contributed by atoms with Gasteiger partial charge in [0.15, 0.2) is 5.65 Å². The number of aromatic nitrogens is 5. The highest BCUT2D eigenvalue weighted by Crippen LogP contribution is 2.28. The second-order valence-electron chi connectivity index (χ2n) is 6.46. The van der Waals surface area contributed by atoms with Gasteiger partial charge in [-0.15, -0.1) is 10.2 Å². The highest BCUT2D eigenvalue weighted by atomic mass is 32.2. The highest BCUT2D eigenvalue weighted by Gasteiger charge is 2.12. The molecule has 5 rings (SSSR count). The molecule has 136 valence electrons. The molecule has 0 amide bonds. The van der Waals surface area contributed by atoms with Crippen LogP contribution in [-0.2, 0) is 11.3 Å². The van der Waals surface area contributed by atoms with Crippen molar-refractivity contribution in [1.82, 2.24) is 29.7 Å². The zero-order chi connectivity index (χ0) is 18.1. The van der Waals surface area contributed by atoms with E-state index >= 15 is 0 Å². The summed E-state index contributed by atoms with van der Waals surface area (Å²) in [5.74, 6) is 0. The topological polar surface area (TPSA) is 68.4 Å². The third-order valence-corrected chi connectivity index (χ3v) is 5.50. The minimum atomic E-state index is 0.746. The van der Waals surface area contributed by atoms with Crippen LogP contribution in [0.2, 0.25) is 0 Å². The molecule has 0 radical (unpaired) electrons. The molecule has 8 heteroatoms. The number of pyridine rings is 1. The Labute approximate surface area is 160 Å². The summed E-state index contributed by atoms with van der Waals surface area (Å²) in [5.41, 5.74) is 2.96. The lowest BCUT2D eigenvalue weighted by Gasteiger charge is -2.26. The molecular weight excluding hydrogens is 360 g/mol. The summed E-state index contributed by atoms with van der Waals surface area (Å²) in [6.07, 6.45) is 3.71. The van der Waals surface area contributed by atoms with Gasteiger partial charge in [0.2, 0.25) is 5.16 Å². The predicted octanol–water partition coefficient (Wildman–Crippen LogP) is 2.66. The number of morpholine rings is 1. The average Bonchev–Trinajstić information content (AvgIpc) is 3.11. The van der Waals surface area contributed by atoms with Gasteiger partial charge in [0.25, 0.3) is 0 Å².